The van der Waals surface area contributed by atoms with E-state index in [4.69, 9.17) is 4.74 Å². The summed E-state index contributed by atoms with van der Waals surface area (Å²) in [6.45, 7) is 3.85. The van der Waals surface area contributed by atoms with Crippen molar-refractivity contribution in [1.29, 1.82) is 0 Å². The molecule has 3 aromatic rings. The highest BCUT2D eigenvalue weighted by Gasteiger charge is 2.20. The predicted molar refractivity (Wildman–Crippen MR) is 110 cm³/mol. The number of nitrogens with one attached hydrogen (secondary N) is 1. The molecule has 1 aromatic carbocycles. The molecule has 0 amide bonds. The second-order valence-corrected chi connectivity index (χ2v) is 7.26. The van der Waals surface area contributed by atoms with Crippen LogP contribution in [0.15, 0.2) is 41.3 Å². The summed E-state index contributed by atoms with van der Waals surface area (Å²) in [4.78, 5) is 30.9. The molecule has 0 aliphatic carbocycles. The number of carbonyl (C=O) groups is 1. The SMILES string of the molecule is CC(Nc1cc(F)cc(F)c1)c1cc(C(=O)O)cn2c(=O)cc(N3CCOCC3)nc12. The van der Waals surface area contributed by atoms with E-state index in [-0.39, 0.29) is 16.9 Å². The van der Waals surface area contributed by atoms with E-state index in [2.05, 4.69) is 10.3 Å². The van der Waals surface area contributed by atoms with E-state index < -0.39 is 29.2 Å². The van der Waals surface area contributed by atoms with Gasteiger partial charge in [0.2, 0.25) is 0 Å². The molecule has 0 spiro atoms. The molecule has 3 heterocycles. The number of pyridine rings is 1. The van der Waals surface area contributed by atoms with Crippen LogP contribution in [-0.4, -0.2) is 46.8 Å². The number of morpholine rings is 1. The number of anilines is 2. The van der Waals surface area contributed by atoms with Crippen LogP contribution >= 0.6 is 0 Å². The maximum Gasteiger partial charge on any atom is 0.337 e. The molecule has 8 nitrogen and oxygen atoms in total. The Hall–Kier alpha value is -3.53. The number of carboxylic acids is 1. The third-order valence-corrected chi connectivity index (χ3v) is 5.07. The van der Waals surface area contributed by atoms with Gasteiger partial charge in [0.05, 0.1) is 24.8 Å². The van der Waals surface area contributed by atoms with Crippen LogP contribution in [-0.2, 0) is 4.74 Å². The van der Waals surface area contributed by atoms with Crippen molar-refractivity contribution in [1.82, 2.24) is 9.38 Å². The quantitative estimate of drug-likeness (QED) is 0.643. The monoisotopic (exact) mass is 430 g/mol. The molecule has 0 bridgehead atoms. The van der Waals surface area contributed by atoms with Crippen LogP contribution < -0.4 is 15.8 Å². The van der Waals surface area contributed by atoms with Gasteiger partial charge in [-0.3, -0.25) is 9.20 Å². The number of carboxylic acid groups (broad SMARTS) is 1. The van der Waals surface area contributed by atoms with Gasteiger partial charge in [-0.15, -0.1) is 0 Å². The Kier molecular flexibility index (Phi) is 5.55. The van der Waals surface area contributed by atoms with Crippen molar-refractivity contribution < 1.29 is 23.4 Å². The van der Waals surface area contributed by atoms with E-state index in [1.165, 1.54) is 22.7 Å². The fraction of sp³-hybridized carbons (Fsp3) is 0.286. The number of halogens is 2. The molecule has 1 aliphatic rings. The molecular formula is C21H20F2N4O4. The standard InChI is InChI=1S/C21H20F2N4O4/c1-12(24-16-8-14(22)7-15(23)9-16)17-6-13(21(29)30)11-27-19(28)10-18(25-20(17)27)26-2-4-31-5-3-26/h6-12,24H,2-5H2,1H3,(H,29,30). The normalized spacial score (nSPS) is 15.1. The van der Waals surface area contributed by atoms with E-state index in [9.17, 15) is 23.5 Å². The molecule has 1 saturated heterocycles. The van der Waals surface area contributed by atoms with Crippen molar-refractivity contribution in [2.45, 2.75) is 13.0 Å². The van der Waals surface area contributed by atoms with Crippen molar-refractivity contribution in [3.63, 3.8) is 0 Å². The zero-order chi connectivity index (χ0) is 22.1. The highest BCUT2D eigenvalue weighted by atomic mass is 19.1. The summed E-state index contributed by atoms with van der Waals surface area (Å²) in [6, 6.07) is 5.16. The molecule has 0 saturated carbocycles. The van der Waals surface area contributed by atoms with Crippen molar-refractivity contribution in [2.75, 3.05) is 36.5 Å². The molecule has 1 unspecified atom stereocenters. The summed E-state index contributed by atoms with van der Waals surface area (Å²) in [5.41, 5.74) is 0.299. The molecule has 0 radical (unpaired) electrons. The first kappa shape index (κ1) is 20.7. The Morgan fingerprint density at radius 2 is 1.84 bits per heavy atom. The Morgan fingerprint density at radius 1 is 1.16 bits per heavy atom. The number of hydrogen-bond acceptors (Lipinski definition) is 6. The summed E-state index contributed by atoms with van der Waals surface area (Å²) in [6.07, 6.45) is 1.22. The molecule has 1 aliphatic heterocycles. The summed E-state index contributed by atoms with van der Waals surface area (Å²) >= 11 is 0. The zero-order valence-corrected chi connectivity index (χ0v) is 16.6. The fourth-order valence-electron chi connectivity index (χ4n) is 3.57. The topological polar surface area (TPSA) is 96.2 Å². The fourth-order valence-corrected chi connectivity index (χ4v) is 3.57. The van der Waals surface area contributed by atoms with E-state index in [1.54, 1.807) is 6.92 Å². The largest absolute Gasteiger partial charge is 0.478 e. The van der Waals surface area contributed by atoms with E-state index in [0.717, 1.165) is 18.2 Å². The van der Waals surface area contributed by atoms with Crippen LogP contribution in [0.1, 0.15) is 28.9 Å². The highest BCUT2D eigenvalue weighted by Crippen LogP contribution is 2.25. The number of benzene rings is 1. The molecular weight excluding hydrogens is 410 g/mol. The third kappa shape index (κ3) is 4.33. The number of ether oxygens (including phenoxy) is 1. The van der Waals surface area contributed by atoms with Crippen LogP contribution in [0.5, 0.6) is 0 Å². The van der Waals surface area contributed by atoms with Crippen LogP contribution in [0.25, 0.3) is 5.65 Å². The van der Waals surface area contributed by atoms with Gasteiger partial charge in [-0.05, 0) is 25.1 Å². The van der Waals surface area contributed by atoms with Crippen LogP contribution in [0, 0.1) is 11.6 Å². The molecule has 31 heavy (non-hydrogen) atoms. The predicted octanol–water partition coefficient (Wildman–Crippen LogP) is 2.68. The van der Waals surface area contributed by atoms with Gasteiger partial charge < -0.3 is 20.1 Å². The molecule has 4 rings (SSSR count). The van der Waals surface area contributed by atoms with Gasteiger partial charge in [0.1, 0.15) is 23.1 Å². The van der Waals surface area contributed by atoms with Crippen molar-refractivity contribution in [3.8, 4) is 0 Å². The molecule has 1 atom stereocenters. The average Bonchev–Trinajstić information content (AvgIpc) is 2.72. The first-order chi connectivity index (χ1) is 14.8. The summed E-state index contributed by atoms with van der Waals surface area (Å²) < 4.78 is 33.7. The Morgan fingerprint density at radius 3 is 2.48 bits per heavy atom. The first-order valence-electron chi connectivity index (χ1n) is 9.68. The minimum Gasteiger partial charge on any atom is -0.478 e. The van der Waals surface area contributed by atoms with Gasteiger partial charge in [0.15, 0.2) is 0 Å². The lowest BCUT2D eigenvalue weighted by Crippen LogP contribution is -2.37. The average molecular weight is 430 g/mol. The first-order valence-corrected chi connectivity index (χ1v) is 9.68. The highest BCUT2D eigenvalue weighted by molar-refractivity contribution is 5.88. The Balaban J connectivity index is 1.83. The van der Waals surface area contributed by atoms with Crippen LogP contribution in [0.4, 0.5) is 20.3 Å². The summed E-state index contributed by atoms with van der Waals surface area (Å²) in [5.74, 6) is -2.25. The van der Waals surface area contributed by atoms with Crippen molar-refractivity contribution in [3.05, 3.63) is 69.6 Å². The minimum absolute atomic E-state index is 0.107. The molecule has 162 valence electrons. The van der Waals surface area contributed by atoms with Crippen LogP contribution in [0.3, 0.4) is 0 Å². The lowest BCUT2D eigenvalue weighted by Gasteiger charge is -2.28. The lowest BCUT2D eigenvalue weighted by molar-refractivity contribution is 0.0696. The number of rotatable bonds is 5. The van der Waals surface area contributed by atoms with Gasteiger partial charge in [0.25, 0.3) is 5.56 Å². The zero-order valence-electron chi connectivity index (χ0n) is 16.6. The smallest absolute Gasteiger partial charge is 0.337 e. The number of aromatic nitrogens is 2. The van der Waals surface area contributed by atoms with Gasteiger partial charge in [-0.2, -0.15) is 0 Å². The molecule has 10 heteroatoms. The summed E-state index contributed by atoms with van der Waals surface area (Å²) in [5, 5.41) is 12.4. The lowest BCUT2D eigenvalue weighted by atomic mass is 10.1. The van der Waals surface area contributed by atoms with Crippen molar-refractivity contribution in [2.24, 2.45) is 0 Å². The maximum absolute atomic E-state index is 13.6. The molecule has 1 fully saturated rings. The van der Waals surface area contributed by atoms with Crippen LogP contribution in [0.2, 0.25) is 0 Å². The molecule has 2 aromatic heterocycles. The maximum atomic E-state index is 13.6. The molecule has 2 N–H and O–H groups in total. The second kappa shape index (κ2) is 8.31. The van der Waals surface area contributed by atoms with Gasteiger partial charge in [0, 0.05) is 42.7 Å². The Labute approximate surface area is 175 Å². The number of hydrogen-bond donors (Lipinski definition) is 2. The van der Waals surface area contributed by atoms with Gasteiger partial charge >= 0.3 is 5.97 Å². The minimum atomic E-state index is -1.21. The van der Waals surface area contributed by atoms with E-state index in [0.29, 0.717) is 37.7 Å². The van der Waals surface area contributed by atoms with Gasteiger partial charge in [-0.25, -0.2) is 18.6 Å². The number of aromatic carboxylic acids is 1. The van der Waals surface area contributed by atoms with Crippen molar-refractivity contribution >= 4 is 23.1 Å². The van der Waals surface area contributed by atoms with E-state index >= 15 is 0 Å². The second-order valence-electron chi connectivity index (χ2n) is 7.26. The number of fused-ring (bicyclic) bond motifs is 1. The van der Waals surface area contributed by atoms with Gasteiger partial charge in [-0.1, -0.05) is 0 Å². The Bertz CT molecular complexity index is 1190. The third-order valence-electron chi connectivity index (χ3n) is 5.07. The summed E-state index contributed by atoms with van der Waals surface area (Å²) in [7, 11) is 0. The van der Waals surface area contributed by atoms with E-state index in [1.807, 2.05) is 4.90 Å². The number of nitrogens with zero attached hydrogens (tertiary/aromatic N) is 3.